The van der Waals surface area contributed by atoms with E-state index in [2.05, 4.69) is 6.92 Å². The number of rotatable bonds is 4. The van der Waals surface area contributed by atoms with Gasteiger partial charge in [-0.1, -0.05) is 19.8 Å². The van der Waals surface area contributed by atoms with E-state index in [9.17, 15) is 9.00 Å². The van der Waals surface area contributed by atoms with Crippen molar-refractivity contribution in [1.29, 1.82) is 0 Å². The second kappa shape index (κ2) is 5.69. The van der Waals surface area contributed by atoms with Crippen molar-refractivity contribution in [3.05, 3.63) is 23.7 Å². The molecule has 4 nitrogen and oxygen atoms in total. The Kier molecular flexibility index (Phi) is 4.22. The fraction of sp³-hybridized carbons (Fsp3) is 0.615. The first-order valence-electron chi connectivity index (χ1n) is 6.24. The van der Waals surface area contributed by atoms with Crippen LogP contribution in [-0.4, -0.2) is 20.5 Å². The minimum Gasteiger partial charge on any atom is -0.478 e. The maximum absolute atomic E-state index is 12.2. The van der Waals surface area contributed by atoms with Gasteiger partial charge >= 0.3 is 5.97 Å². The molecule has 3 atom stereocenters. The predicted molar refractivity (Wildman–Crippen MR) is 68.9 cm³/mol. The van der Waals surface area contributed by atoms with Crippen molar-refractivity contribution in [2.45, 2.75) is 43.6 Å². The number of hydrogen-bond acceptors (Lipinski definition) is 3. The van der Waals surface area contributed by atoms with Gasteiger partial charge in [-0.3, -0.25) is 4.21 Å². The van der Waals surface area contributed by atoms with E-state index in [1.54, 1.807) is 0 Å². The van der Waals surface area contributed by atoms with Crippen molar-refractivity contribution in [2.75, 3.05) is 0 Å². The van der Waals surface area contributed by atoms with Crippen LogP contribution in [0.4, 0.5) is 0 Å². The number of carboxylic acids is 1. The second-order valence-electron chi connectivity index (χ2n) is 5.03. The fourth-order valence-corrected chi connectivity index (χ4v) is 4.08. The van der Waals surface area contributed by atoms with Gasteiger partial charge < -0.3 is 9.52 Å². The van der Waals surface area contributed by atoms with E-state index in [-0.39, 0.29) is 10.8 Å². The molecule has 100 valence electrons. The summed E-state index contributed by atoms with van der Waals surface area (Å²) in [4.78, 5) is 10.7. The minimum atomic E-state index is -1.01. The molecule has 0 saturated heterocycles. The van der Waals surface area contributed by atoms with Gasteiger partial charge in [-0.15, -0.1) is 0 Å². The van der Waals surface area contributed by atoms with Gasteiger partial charge in [0.1, 0.15) is 12.0 Å². The molecule has 1 N–H and O–H groups in total. The van der Waals surface area contributed by atoms with Gasteiger partial charge in [-0.2, -0.15) is 0 Å². The van der Waals surface area contributed by atoms with Crippen LogP contribution in [0.2, 0.25) is 0 Å². The Bertz CT molecular complexity index is 452. The van der Waals surface area contributed by atoms with Gasteiger partial charge in [0.2, 0.25) is 0 Å². The molecule has 1 aliphatic rings. The lowest BCUT2D eigenvalue weighted by Gasteiger charge is -2.25. The van der Waals surface area contributed by atoms with E-state index in [0.29, 0.717) is 17.4 Å². The molecule has 0 aromatic carbocycles. The maximum atomic E-state index is 12.2. The Morgan fingerprint density at radius 3 is 2.94 bits per heavy atom. The smallest absolute Gasteiger partial charge is 0.338 e. The highest BCUT2D eigenvalue weighted by atomic mass is 32.2. The zero-order valence-electron chi connectivity index (χ0n) is 10.4. The molecule has 1 aromatic heterocycles. The van der Waals surface area contributed by atoms with Crippen molar-refractivity contribution >= 4 is 16.8 Å². The third-order valence-corrected chi connectivity index (χ3v) is 5.19. The SMILES string of the molecule is CC1CCCC(S(=O)Cc2cc(C(=O)O)co2)C1. The first kappa shape index (κ1) is 13.3. The van der Waals surface area contributed by atoms with E-state index >= 15 is 0 Å². The lowest BCUT2D eigenvalue weighted by molar-refractivity contribution is 0.0696. The molecule has 0 spiro atoms. The van der Waals surface area contributed by atoms with Gasteiger partial charge in [-0.05, 0) is 24.8 Å². The van der Waals surface area contributed by atoms with Crippen LogP contribution in [0.3, 0.4) is 0 Å². The average Bonchev–Trinajstić information content (AvgIpc) is 2.77. The van der Waals surface area contributed by atoms with E-state index in [1.165, 1.54) is 18.8 Å². The van der Waals surface area contributed by atoms with Crippen LogP contribution < -0.4 is 0 Å². The summed E-state index contributed by atoms with van der Waals surface area (Å²) in [6, 6.07) is 1.46. The summed E-state index contributed by atoms with van der Waals surface area (Å²) in [6.07, 6.45) is 5.56. The van der Waals surface area contributed by atoms with E-state index < -0.39 is 16.8 Å². The Hall–Kier alpha value is -1.10. The summed E-state index contributed by atoms with van der Waals surface area (Å²) in [6.45, 7) is 2.19. The minimum absolute atomic E-state index is 0.124. The summed E-state index contributed by atoms with van der Waals surface area (Å²) >= 11 is 0. The topological polar surface area (TPSA) is 67.5 Å². The first-order valence-corrected chi connectivity index (χ1v) is 7.62. The Morgan fingerprint density at radius 1 is 1.56 bits per heavy atom. The van der Waals surface area contributed by atoms with Crippen LogP contribution in [0, 0.1) is 5.92 Å². The Labute approximate surface area is 109 Å². The van der Waals surface area contributed by atoms with Crippen molar-refractivity contribution in [1.82, 2.24) is 0 Å². The molecule has 18 heavy (non-hydrogen) atoms. The van der Waals surface area contributed by atoms with Crippen molar-refractivity contribution < 1.29 is 18.5 Å². The number of furan rings is 1. The van der Waals surface area contributed by atoms with Gasteiger partial charge in [0.05, 0.1) is 11.3 Å². The Morgan fingerprint density at radius 2 is 2.33 bits per heavy atom. The Balaban J connectivity index is 1.95. The van der Waals surface area contributed by atoms with Crippen LogP contribution >= 0.6 is 0 Å². The number of carboxylic acid groups (broad SMARTS) is 1. The number of carbonyl (C=O) groups is 1. The highest BCUT2D eigenvalue weighted by molar-refractivity contribution is 7.84. The summed E-state index contributed by atoms with van der Waals surface area (Å²) in [5, 5.41) is 9.01. The lowest BCUT2D eigenvalue weighted by atomic mass is 9.91. The highest BCUT2D eigenvalue weighted by Crippen LogP contribution is 2.28. The molecule has 0 radical (unpaired) electrons. The highest BCUT2D eigenvalue weighted by Gasteiger charge is 2.24. The summed E-state index contributed by atoms with van der Waals surface area (Å²) in [5.74, 6) is 0.454. The third kappa shape index (κ3) is 3.22. The van der Waals surface area contributed by atoms with E-state index in [4.69, 9.17) is 9.52 Å². The first-order chi connectivity index (χ1) is 8.56. The summed E-state index contributed by atoms with van der Waals surface area (Å²) < 4.78 is 17.3. The lowest BCUT2D eigenvalue weighted by Crippen LogP contribution is -2.23. The van der Waals surface area contributed by atoms with Crippen LogP contribution in [0.15, 0.2) is 16.7 Å². The zero-order chi connectivity index (χ0) is 13.1. The largest absolute Gasteiger partial charge is 0.478 e. The van der Waals surface area contributed by atoms with Crippen molar-refractivity contribution in [2.24, 2.45) is 5.92 Å². The molecule has 1 aliphatic carbocycles. The monoisotopic (exact) mass is 270 g/mol. The van der Waals surface area contributed by atoms with E-state index in [1.807, 2.05) is 0 Å². The van der Waals surface area contributed by atoms with Gasteiger partial charge in [0, 0.05) is 16.0 Å². The molecule has 3 unspecified atom stereocenters. The van der Waals surface area contributed by atoms with Crippen LogP contribution in [0.5, 0.6) is 0 Å². The molecule has 1 aromatic rings. The zero-order valence-corrected chi connectivity index (χ0v) is 11.2. The molecule has 1 saturated carbocycles. The molecule has 0 aliphatic heterocycles. The van der Waals surface area contributed by atoms with Gasteiger partial charge in [0.25, 0.3) is 0 Å². The fourth-order valence-electron chi connectivity index (χ4n) is 2.44. The standard InChI is InChI=1S/C13H18O4S/c1-9-3-2-4-12(5-9)18(16)8-11-6-10(7-17-11)13(14)15/h6-7,9,12H,2-5,8H2,1H3,(H,14,15). The molecule has 2 rings (SSSR count). The molecule has 0 amide bonds. The molecular formula is C13H18O4S. The van der Waals surface area contributed by atoms with Crippen LogP contribution in [0.25, 0.3) is 0 Å². The molecule has 1 fully saturated rings. The second-order valence-corrected chi connectivity index (χ2v) is 6.74. The number of aromatic carboxylic acids is 1. The van der Waals surface area contributed by atoms with Crippen LogP contribution in [0.1, 0.15) is 48.7 Å². The van der Waals surface area contributed by atoms with Crippen molar-refractivity contribution in [3.63, 3.8) is 0 Å². The number of hydrogen-bond donors (Lipinski definition) is 1. The third-order valence-electron chi connectivity index (χ3n) is 3.45. The predicted octanol–water partition coefficient (Wildman–Crippen LogP) is 2.81. The maximum Gasteiger partial charge on any atom is 0.338 e. The van der Waals surface area contributed by atoms with Gasteiger partial charge in [0.15, 0.2) is 0 Å². The average molecular weight is 270 g/mol. The van der Waals surface area contributed by atoms with E-state index in [0.717, 1.165) is 19.3 Å². The summed E-state index contributed by atoms with van der Waals surface area (Å²) in [7, 11) is -0.965. The molecule has 1 heterocycles. The van der Waals surface area contributed by atoms with Crippen molar-refractivity contribution in [3.8, 4) is 0 Å². The van der Waals surface area contributed by atoms with Gasteiger partial charge in [-0.25, -0.2) is 4.79 Å². The molecular weight excluding hydrogens is 252 g/mol. The van der Waals surface area contributed by atoms with Crippen LogP contribution in [-0.2, 0) is 16.6 Å². The molecule has 0 bridgehead atoms. The molecule has 5 heteroatoms. The summed E-state index contributed by atoms with van der Waals surface area (Å²) in [5.41, 5.74) is 0.124. The normalized spacial score (nSPS) is 25.8. The quantitative estimate of drug-likeness (QED) is 0.913.